The van der Waals surface area contributed by atoms with Gasteiger partial charge in [-0.1, -0.05) is 19.1 Å². The maximum Gasteiger partial charge on any atom is 0.339 e. The molecule has 1 saturated carbocycles. The monoisotopic (exact) mass is 316 g/mol. The van der Waals surface area contributed by atoms with Gasteiger partial charge in [-0.15, -0.1) is 0 Å². The van der Waals surface area contributed by atoms with Gasteiger partial charge in [-0.2, -0.15) is 0 Å². The first kappa shape index (κ1) is 17.7. The molecule has 1 fully saturated rings. The maximum atomic E-state index is 11.3. The summed E-state index contributed by atoms with van der Waals surface area (Å²) >= 11 is 0. The largest absolute Gasteiger partial charge is 0.465 e. The van der Waals surface area contributed by atoms with Crippen LogP contribution in [0.1, 0.15) is 55.1 Å². The zero-order chi connectivity index (χ0) is 16.7. The maximum absolute atomic E-state index is 11.3. The van der Waals surface area contributed by atoms with E-state index in [9.17, 15) is 4.79 Å². The molecule has 4 heteroatoms. The van der Waals surface area contributed by atoms with Crippen molar-refractivity contribution < 1.29 is 9.53 Å². The van der Waals surface area contributed by atoms with Crippen LogP contribution in [0.2, 0.25) is 0 Å². The SMILES string of the molecule is C=C1CC(C)CC(CCCNCc2ccc(C(=O)OC)cn2)C1. The van der Waals surface area contributed by atoms with Crippen molar-refractivity contribution in [1.82, 2.24) is 10.3 Å². The number of nitrogens with zero attached hydrogens (tertiary/aromatic N) is 1. The smallest absolute Gasteiger partial charge is 0.339 e. The van der Waals surface area contributed by atoms with Gasteiger partial charge in [0.2, 0.25) is 0 Å². The number of esters is 1. The molecule has 0 amide bonds. The highest BCUT2D eigenvalue weighted by Crippen LogP contribution is 2.34. The second-order valence-corrected chi connectivity index (χ2v) is 6.71. The molecule has 1 aromatic heterocycles. The zero-order valence-corrected chi connectivity index (χ0v) is 14.3. The van der Waals surface area contributed by atoms with E-state index in [0.717, 1.165) is 30.6 Å². The minimum Gasteiger partial charge on any atom is -0.465 e. The second kappa shape index (κ2) is 8.82. The molecule has 1 heterocycles. The number of methoxy groups -OCH3 is 1. The van der Waals surface area contributed by atoms with Crippen LogP contribution in [0.5, 0.6) is 0 Å². The Balaban J connectivity index is 1.63. The van der Waals surface area contributed by atoms with Gasteiger partial charge >= 0.3 is 5.97 Å². The van der Waals surface area contributed by atoms with Gasteiger partial charge in [0.15, 0.2) is 0 Å². The number of carbonyl (C=O) groups excluding carboxylic acids is 1. The van der Waals surface area contributed by atoms with Gasteiger partial charge in [-0.25, -0.2) is 4.79 Å². The quantitative estimate of drug-likeness (QED) is 0.473. The standard InChI is InChI=1S/C19H28N2O2/c1-14-9-15(2)11-16(10-14)5-4-8-20-13-18-7-6-17(12-21-18)19(22)23-3/h6-7,12,15-16,20H,1,4-5,8-11,13H2,2-3H3. The Kier molecular flexibility index (Phi) is 6.78. The number of pyridine rings is 1. The van der Waals surface area contributed by atoms with E-state index in [4.69, 9.17) is 0 Å². The average Bonchev–Trinajstić information content (AvgIpc) is 2.53. The van der Waals surface area contributed by atoms with E-state index in [1.807, 2.05) is 6.07 Å². The van der Waals surface area contributed by atoms with Crippen LogP contribution in [-0.2, 0) is 11.3 Å². The van der Waals surface area contributed by atoms with E-state index in [-0.39, 0.29) is 5.97 Å². The number of ether oxygens (including phenoxy) is 1. The molecule has 1 aromatic rings. The minimum absolute atomic E-state index is 0.347. The Bertz CT molecular complexity index is 525. The molecule has 0 spiro atoms. The summed E-state index contributed by atoms with van der Waals surface area (Å²) in [5.74, 6) is 1.26. The first-order valence-electron chi connectivity index (χ1n) is 8.49. The Morgan fingerprint density at radius 1 is 1.43 bits per heavy atom. The third kappa shape index (κ3) is 5.79. The number of carbonyl (C=O) groups is 1. The fourth-order valence-corrected chi connectivity index (χ4v) is 3.44. The van der Waals surface area contributed by atoms with E-state index in [1.54, 1.807) is 12.3 Å². The molecule has 2 rings (SSSR count). The van der Waals surface area contributed by atoms with Gasteiger partial charge < -0.3 is 10.1 Å². The first-order chi connectivity index (χ1) is 11.1. The van der Waals surface area contributed by atoms with Crippen LogP contribution in [0.3, 0.4) is 0 Å². The second-order valence-electron chi connectivity index (χ2n) is 6.71. The Morgan fingerprint density at radius 3 is 2.91 bits per heavy atom. The summed E-state index contributed by atoms with van der Waals surface area (Å²) in [4.78, 5) is 15.6. The summed E-state index contributed by atoms with van der Waals surface area (Å²) < 4.78 is 4.66. The van der Waals surface area contributed by atoms with Crippen LogP contribution in [0, 0.1) is 11.8 Å². The molecule has 23 heavy (non-hydrogen) atoms. The van der Waals surface area contributed by atoms with Crippen molar-refractivity contribution in [3.63, 3.8) is 0 Å². The summed E-state index contributed by atoms with van der Waals surface area (Å²) in [5.41, 5.74) is 2.86. The Labute approximate surface area is 139 Å². The topological polar surface area (TPSA) is 51.2 Å². The highest BCUT2D eigenvalue weighted by molar-refractivity contribution is 5.88. The molecule has 0 radical (unpaired) electrons. The highest BCUT2D eigenvalue weighted by Gasteiger charge is 2.20. The average molecular weight is 316 g/mol. The molecule has 4 nitrogen and oxygen atoms in total. The molecular weight excluding hydrogens is 288 g/mol. The molecule has 1 N–H and O–H groups in total. The van der Waals surface area contributed by atoms with Gasteiger partial charge in [-0.05, 0) is 62.6 Å². The van der Waals surface area contributed by atoms with Gasteiger partial charge in [-0.3, -0.25) is 4.98 Å². The summed E-state index contributed by atoms with van der Waals surface area (Å²) in [7, 11) is 1.38. The molecule has 0 saturated heterocycles. The Hall–Kier alpha value is -1.68. The molecule has 0 aliphatic heterocycles. The number of hydrogen-bond donors (Lipinski definition) is 1. The summed E-state index contributed by atoms with van der Waals surface area (Å²) in [6.07, 6.45) is 7.78. The highest BCUT2D eigenvalue weighted by atomic mass is 16.5. The molecule has 126 valence electrons. The lowest BCUT2D eigenvalue weighted by atomic mass is 9.78. The molecule has 1 aliphatic rings. The van der Waals surface area contributed by atoms with E-state index in [2.05, 4.69) is 28.5 Å². The van der Waals surface area contributed by atoms with Crippen LogP contribution in [-0.4, -0.2) is 24.6 Å². The zero-order valence-electron chi connectivity index (χ0n) is 14.3. The molecule has 0 bridgehead atoms. The molecule has 2 unspecified atom stereocenters. The summed E-state index contributed by atoms with van der Waals surface area (Å²) in [5, 5.41) is 3.43. The van der Waals surface area contributed by atoms with E-state index in [0.29, 0.717) is 5.56 Å². The number of rotatable bonds is 7. The predicted octanol–water partition coefficient (Wildman–Crippen LogP) is 3.73. The minimum atomic E-state index is -0.347. The lowest BCUT2D eigenvalue weighted by Gasteiger charge is -2.28. The third-order valence-corrected chi connectivity index (χ3v) is 4.47. The van der Waals surface area contributed by atoms with Crippen molar-refractivity contribution in [2.45, 2.75) is 45.6 Å². The predicted molar refractivity (Wildman–Crippen MR) is 92.2 cm³/mol. The van der Waals surface area contributed by atoms with Crippen molar-refractivity contribution in [2.75, 3.05) is 13.7 Å². The van der Waals surface area contributed by atoms with Crippen LogP contribution >= 0.6 is 0 Å². The third-order valence-electron chi connectivity index (χ3n) is 4.47. The number of aromatic nitrogens is 1. The molecular formula is C19H28N2O2. The lowest BCUT2D eigenvalue weighted by molar-refractivity contribution is 0.0600. The number of nitrogens with one attached hydrogen (secondary N) is 1. The normalized spacial score (nSPS) is 21.2. The summed E-state index contributed by atoms with van der Waals surface area (Å²) in [6, 6.07) is 3.62. The van der Waals surface area contributed by atoms with Gasteiger partial charge in [0.05, 0.1) is 18.4 Å². The van der Waals surface area contributed by atoms with E-state index >= 15 is 0 Å². The number of allylic oxidation sites excluding steroid dienone is 1. The fraction of sp³-hybridized carbons (Fsp3) is 0.579. The van der Waals surface area contributed by atoms with Crippen molar-refractivity contribution in [2.24, 2.45) is 11.8 Å². The van der Waals surface area contributed by atoms with Crippen LogP contribution in [0.4, 0.5) is 0 Å². The van der Waals surface area contributed by atoms with Gasteiger partial charge in [0, 0.05) is 12.7 Å². The van der Waals surface area contributed by atoms with Crippen molar-refractivity contribution in [3.8, 4) is 0 Å². The van der Waals surface area contributed by atoms with E-state index in [1.165, 1.54) is 44.8 Å². The molecule has 0 aromatic carbocycles. The molecule has 2 atom stereocenters. The number of hydrogen-bond acceptors (Lipinski definition) is 4. The first-order valence-corrected chi connectivity index (χ1v) is 8.49. The van der Waals surface area contributed by atoms with Gasteiger partial charge in [0.1, 0.15) is 0 Å². The van der Waals surface area contributed by atoms with Crippen LogP contribution in [0.15, 0.2) is 30.5 Å². The summed E-state index contributed by atoms with van der Waals surface area (Å²) in [6.45, 7) is 8.23. The van der Waals surface area contributed by atoms with Gasteiger partial charge in [0.25, 0.3) is 0 Å². The Morgan fingerprint density at radius 2 is 2.26 bits per heavy atom. The van der Waals surface area contributed by atoms with Crippen LogP contribution < -0.4 is 5.32 Å². The van der Waals surface area contributed by atoms with Crippen molar-refractivity contribution in [3.05, 3.63) is 41.7 Å². The lowest BCUT2D eigenvalue weighted by Crippen LogP contribution is -2.19. The van der Waals surface area contributed by atoms with Crippen molar-refractivity contribution in [1.29, 1.82) is 0 Å². The fourth-order valence-electron chi connectivity index (χ4n) is 3.44. The molecule has 1 aliphatic carbocycles. The van der Waals surface area contributed by atoms with E-state index < -0.39 is 0 Å². The van der Waals surface area contributed by atoms with Crippen molar-refractivity contribution >= 4 is 5.97 Å². The van der Waals surface area contributed by atoms with Crippen LogP contribution in [0.25, 0.3) is 0 Å².